The Morgan fingerprint density at radius 2 is 0.843 bits per heavy atom. The van der Waals surface area contributed by atoms with E-state index in [2.05, 4.69) is 4.57 Å². The summed E-state index contributed by atoms with van der Waals surface area (Å²) in [6.07, 6.45) is 0. The summed E-state index contributed by atoms with van der Waals surface area (Å²) in [6, 6.07) is 22.0. The van der Waals surface area contributed by atoms with Crippen LogP contribution in [-0.2, 0) is 0 Å². The molecule has 0 aliphatic carbocycles. The maximum Gasteiger partial charge on any atom is 0.0646 e. The lowest BCUT2D eigenvalue weighted by molar-refractivity contribution is 1.15. The minimum Gasteiger partial charge on any atom is -0.309 e. The highest BCUT2D eigenvalue weighted by atomic mass is 15.0. The summed E-state index contributed by atoms with van der Waals surface area (Å²) in [5, 5.41) is 1.95. The lowest BCUT2D eigenvalue weighted by Crippen LogP contribution is -1.97. The maximum absolute atomic E-state index is 9.84. The fraction of sp³-hybridized carbons (Fsp3) is 0. The third-order valence-corrected chi connectivity index (χ3v) is 9.60. The van der Waals surface area contributed by atoms with Crippen LogP contribution in [0.3, 0.4) is 0 Å². The Kier molecular flexibility index (Phi) is 3.65. The van der Waals surface area contributed by atoms with E-state index in [1.807, 2.05) is 66.7 Å². The fourth-order valence-electron chi connectivity index (χ4n) is 7.48. The highest BCUT2D eigenvalue weighted by Gasteiger charge is 2.21. The van der Waals surface area contributed by atoms with E-state index in [1.54, 1.807) is 10.6 Å². The molecule has 3 nitrogen and oxygen atoms in total. The zero-order valence-electron chi connectivity index (χ0n) is 41.6. The predicted octanol–water partition coefficient (Wildman–Crippen LogP) is 12.6. The zero-order valence-corrected chi connectivity index (χ0v) is 26.6. The Bertz CT molecular complexity index is 3950. The van der Waals surface area contributed by atoms with Crippen LogP contribution in [-0.4, -0.2) is 13.7 Å². The molecule has 0 atom stereocenters. The number of hydrogen-bond acceptors (Lipinski definition) is 0. The van der Waals surface area contributed by atoms with Gasteiger partial charge in [-0.3, -0.25) is 0 Å². The third-order valence-electron chi connectivity index (χ3n) is 9.60. The van der Waals surface area contributed by atoms with Crippen molar-refractivity contribution in [2.24, 2.45) is 0 Å². The van der Waals surface area contributed by atoms with E-state index in [0.29, 0.717) is 5.69 Å². The normalized spacial score (nSPS) is 16.0. The van der Waals surface area contributed by atoms with Gasteiger partial charge in [0.25, 0.3) is 0 Å². The lowest BCUT2D eigenvalue weighted by Gasteiger charge is -2.12. The molecule has 51 heavy (non-hydrogen) atoms. The SMILES string of the molecule is [2H]c1c([2H])c([2H])c(-c2ccc(-n3c4c([2H])c([2H])c([2H])c([2H])c4c4c5c6c([2H])c([2H])c([2H])c([2H])c6n(-c6ccc7c8ccccc8n(-c8ccccc8)c7c6)c5c([2H])c([2H])c43)cc2)c([2H])c1[2H]. The van der Waals surface area contributed by atoms with Crippen molar-refractivity contribution in [2.45, 2.75) is 0 Å². The Labute approximate surface area is 315 Å². The molecule has 3 heteroatoms. The van der Waals surface area contributed by atoms with E-state index in [9.17, 15) is 8.22 Å². The van der Waals surface area contributed by atoms with E-state index in [4.69, 9.17) is 12.3 Å². The van der Waals surface area contributed by atoms with Crippen LogP contribution in [0.15, 0.2) is 188 Å². The Morgan fingerprint density at radius 3 is 1.55 bits per heavy atom. The van der Waals surface area contributed by atoms with Crippen molar-refractivity contribution in [1.29, 1.82) is 0 Å². The van der Waals surface area contributed by atoms with Gasteiger partial charge in [-0.2, -0.15) is 0 Å². The standard InChI is InChI=1S/C48H31N3/c1-3-13-32(14-4-1)33-23-25-35(26-24-33)49-42-21-11-8-18-39(42)47-44(49)29-30-45-48(47)40-19-9-12-22-43(40)51(45)36-27-28-38-37-17-7-10-20-41(37)50(46(38)31-36)34-15-5-2-6-16-34/h1-31H/i1D,3D,4D,8D,9D,11D,12D,13D,14D,18D,19D,21D,22D,29D,30D. The summed E-state index contributed by atoms with van der Waals surface area (Å²) >= 11 is 0. The number of fused-ring (bicyclic) bond motifs is 10. The van der Waals surface area contributed by atoms with Gasteiger partial charge in [-0.1, -0.05) is 121 Å². The predicted molar refractivity (Wildman–Crippen MR) is 215 cm³/mol. The van der Waals surface area contributed by atoms with Crippen molar-refractivity contribution in [2.75, 3.05) is 0 Å². The molecule has 0 aliphatic heterocycles. The smallest absolute Gasteiger partial charge is 0.0646 e. The van der Waals surface area contributed by atoms with Crippen molar-refractivity contribution in [1.82, 2.24) is 13.7 Å². The van der Waals surface area contributed by atoms with Crippen LogP contribution in [0.25, 0.3) is 93.6 Å². The molecule has 8 aromatic carbocycles. The molecule has 0 spiro atoms. The average Bonchev–Trinajstić information content (AvgIpc) is 3.99. The Hall–Kier alpha value is -6.84. The van der Waals surface area contributed by atoms with Gasteiger partial charge < -0.3 is 13.7 Å². The molecule has 0 amide bonds. The van der Waals surface area contributed by atoms with E-state index >= 15 is 0 Å². The molecule has 0 radical (unpaired) electrons. The summed E-state index contributed by atoms with van der Waals surface area (Å²) in [5.74, 6) is 0. The number of nitrogens with zero attached hydrogens (tertiary/aromatic N) is 3. The van der Waals surface area contributed by atoms with Crippen molar-refractivity contribution < 1.29 is 20.6 Å². The van der Waals surface area contributed by atoms with Gasteiger partial charge >= 0.3 is 0 Å². The first-order valence-corrected chi connectivity index (χ1v) is 16.3. The maximum atomic E-state index is 9.84. The number of benzene rings is 8. The van der Waals surface area contributed by atoms with Crippen molar-refractivity contribution in [3.8, 4) is 28.2 Å². The summed E-state index contributed by atoms with van der Waals surface area (Å²) in [5.41, 5.74) is 3.33. The molecule has 0 N–H and O–H groups in total. The topological polar surface area (TPSA) is 14.8 Å². The van der Waals surface area contributed by atoms with Crippen LogP contribution in [0.2, 0.25) is 0 Å². The lowest BCUT2D eigenvalue weighted by atomic mass is 10.1. The molecule has 0 saturated carbocycles. The monoisotopic (exact) mass is 664 g/mol. The van der Waals surface area contributed by atoms with Crippen LogP contribution >= 0.6 is 0 Å². The molecule has 3 heterocycles. The van der Waals surface area contributed by atoms with Gasteiger partial charge in [-0.15, -0.1) is 0 Å². The summed E-state index contributed by atoms with van der Waals surface area (Å²) < 4.78 is 139. The van der Waals surface area contributed by atoms with E-state index in [1.165, 1.54) is 28.8 Å². The molecule has 11 rings (SSSR count). The van der Waals surface area contributed by atoms with Gasteiger partial charge in [-0.25, -0.2) is 0 Å². The largest absolute Gasteiger partial charge is 0.309 e. The van der Waals surface area contributed by atoms with Crippen molar-refractivity contribution in [3.05, 3.63) is 188 Å². The fourth-order valence-corrected chi connectivity index (χ4v) is 7.48. The van der Waals surface area contributed by atoms with Crippen LogP contribution in [0.5, 0.6) is 0 Å². The highest BCUT2D eigenvalue weighted by Crippen LogP contribution is 2.43. The van der Waals surface area contributed by atoms with Crippen LogP contribution in [0, 0.1) is 0 Å². The number of aromatic nitrogens is 3. The summed E-state index contributed by atoms with van der Waals surface area (Å²) in [4.78, 5) is 0. The van der Waals surface area contributed by atoms with Gasteiger partial charge in [0, 0.05) is 49.4 Å². The highest BCUT2D eigenvalue weighted by molar-refractivity contribution is 6.29. The van der Waals surface area contributed by atoms with Crippen LogP contribution < -0.4 is 0 Å². The molecule has 0 fully saturated rings. The number of rotatable bonds is 4. The Balaban J connectivity index is 1.31. The van der Waals surface area contributed by atoms with Gasteiger partial charge in [-0.05, 0) is 77.8 Å². The second-order valence-electron chi connectivity index (χ2n) is 12.3. The van der Waals surface area contributed by atoms with Crippen molar-refractivity contribution in [3.63, 3.8) is 0 Å². The van der Waals surface area contributed by atoms with Gasteiger partial charge in [0.05, 0.1) is 53.7 Å². The molecule has 11 aromatic rings. The molecule has 0 unspecified atom stereocenters. The second kappa shape index (κ2) is 10.8. The summed E-state index contributed by atoms with van der Waals surface area (Å²) in [6.45, 7) is 0. The second-order valence-corrected chi connectivity index (χ2v) is 12.3. The van der Waals surface area contributed by atoms with Gasteiger partial charge in [0.15, 0.2) is 0 Å². The quantitative estimate of drug-likeness (QED) is 0.178. The molecule has 0 bridgehead atoms. The molecular weight excluding hydrogens is 619 g/mol. The zero-order chi connectivity index (χ0) is 46.5. The van der Waals surface area contributed by atoms with Gasteiger partial charge in [0.1, 0.15) is 0 Å². The Morgan fingerprint density at radius 1 is 0.314 bits per heavy atom. The molecular formula is C48H31N3. The first-order chi connectivity index (χ1) is 31.6. The molecule has 238 valence electrons. The van der Waals surface area contributed by atoms with Crippen LogP contribution in [0.4, 0.5) is 0 Å². The summed E-state index contributed by atoms with van der Waals surface area (Å²) in [7, 11) is 0. The third kappa shape index (κ3) is 4.06. The van der Waals surface area contributed by atoms with E-state index in [0.717, 1.165) is 27.5 Å². The number of para-hydroxylation sites is 4. The molecule has 0 aliphatic rings. The first-order valence-electron chi connectivity index (χ1n) is 23.8. The van der Waals surface area contributed by atoms with Crippen LogP contribution in [0.1, 0.15) is 20.6 Å². The van der Waals surface area contributed by atoms with E-state index in [-0.39, 0.29) is 66.5 Å². The first kappa shape index (κ1) is 17.2. The van der Waals surface area contributed by atoms with E-state index < -0.39 is 84.6 Å². The molecule has 3 aromatic heterocycles. The molecule has 0 saturated heterocycles. The minimum absolute atomic E-state index is 0.00262. The number of hydrogen-bond donors (Lipinski definition) is 0. The van der Waals surface area contributed by atoms with Gasteiger partial charge in [0.2, 0.25) is 0 Å². The van der Waals surface area contributed by atoms with Crippen molar-refractivity contribution >= 4 is 65.4 Å². The minimum atomic E-state index is -0.581. The average molecular weight is 665 g/mol.